The summed E-state index contributed by atoms with van der Waals surface area (Å²) in [7, 11) is 0. The van der Waals surface area contributed by atoms with Gasteiger partial charge in [-0.3, -0.25) is 0 Å². The molecule has 0 saturated carbocycles. The van der Waals surface area contributed by atoms with E-state index in [4.69, 9.17) is 0 Å². The van der Waals surface area contributed by atoms with Crippen molar-refractivity contribution < 1.29 is 13.2 Å². The van der Waals surface area contributed by atoms with Gasteiger partial charge in [0.1, 0.15) is 0 Å². The topological polar surface area (TPSA) is 12.0 Å². The lowest BCUT2D eigenvalue weighted by atomic mass is 9.96. The van der Waals surface area contributed by atoms with Crippen molar-refractivity contribution in [3.8, 4) is 0 Å². The van der Waals surface area contributed by atoms with Gasteiger partial charge >= 0.3 is 0 Å². The fourth-order valence-electron chi connectivity index (χ4n) is 2.04. The molecule has 0 spiro atoms. The van der Waals surface area contributed by atoms with Crippen LogP contribution in [0.4, 0.5) is 13.2 Å². The second-order valence-corrected chi connectivity index (χ2v) is 4.00. The molecule has 1 aliphatic heterocycles. The molecule has 0 bridgehead atoms. The van der Waals surface area contributed by atoms with E-state index in [9.17, 15) is 13.2 Å². The molecule has 0 aliphatic carbocycles. The van der Waals surface area contributed by atoms with E-state index in [1.54, 1.807) is 0 Å². The number of halogens is 3. The molecule has 1 N–H and O–H groups in total. The Labute approximate surface area is 86.3 Å². The molecule has 1 saturated heterocycles. The van der Waals surface area contributed by atoms with Crippen LogP contribution >= 0.6 is 0 Å². The Morgan fingerprint density at radius 1 is 1.20 bits per heavy atom. The zero-order valence-corrected chi connectivity index (χ0v) is 8.36. The fourth-order valence-corrected chi connectivity index (χ4v) is 2.04. The Balaban J connectivity index is 2.36. The van der Waals surface area contributed by atoms with Gasteiger partial charge in [-0.2, -0.15) is 0 Å². The highest BCUT2D eigenvalue weighted by Gasteiger charge is 2.26. The zero-order valence-electron chi connectivity index (χ0n) is 8.36. The molecule has 1 nitrogen and oxygen atoms in total. The van der Waals surface area contributed by atoms with Gasteiger partial charge < -0.3 is 5.32 Å². The fraction of sp³-hybridized carbons (Fsp3) is 0.455. The molecule has 4 heteroatoms. The molecule has 2 atom stereocenters. The number of hydrogen-bond donors (Lipinski definition) is 1. The average Bonchev–Trinajstić information content (AvgIpc) is 2.60. The number of rotatable bonds is 1. The van der Waals surface area contributed by atoms with Crippen LogP contribution in [0.25, 0.3) is 0 Å². The van der Waals surface area contributed by atoms with Crippen molar-refractivity contribution in [1.82, 2.24) is 5.32 Å². The van der Waals surface area contributed by atoms with Crippen LogP contribution in [0.3, 0.4) is 0 Å². The van der Waals surface area contributed by atoms with Crippen molar-refractivity contribution in [3.63, 3.8) is 0 Å². The van der Waals surface area contributed by atoms with E-state index in [1.165, 1.54) is 0 Å². The van der Waals surface area contributed by atoms with Gasteiger partial charge in [0.15, 0.2) is 17.5 Å². The van der Waals surface area contributed by atoms with E-state index >= 15 is 0 Å². The normalized spacial score (nSPS) is 25.9. The van der Waals surface area contributed by atoms with Crippen molar-refractivity contribution in [3.05, 3.63) is 35.1 Å². The highest BCUT2D eigenvalue weighted by Crippen LogP contribution is 2.30. The molecular formula is C11H12F3N. The minimum absolute atomic E-state index is 0.0744. The SMILES string of the molecule is CC1CCNC1c1cc(F)c(F)c(F)c1. The van der Waals surface area contributed by atoms with E-state index in [2.05, 4.69) is 5.32 Å². The molecule has 0 amide bonds. The van der Waals surface area contributed by atoms with Gasteiger partial charge in [0, 0.05) is 6.04 Å². The van der Waals surface area contributed by atoms with Crippen LogP contribution in [-0.2, 0) is 0 Å². The maximum Gasteiger partial charge on any atom is 0.194 e. The highest BCUT2D eigenvalue weighted by molar-refractivity contribution is 5.24. The zero-order chi connectivity index (χ0) is 11.0. The third kappa shape index (κ3) is 1.86. The van der Waals surface area contributed by atoms with Crippen molar-refractivity contribution in [1.29, 1.82) is 0 Å². The van der Waals surface area contributed by atoms with Gasteiger partial charge in [-0.05, 0) is 36.6 Å². The van der Waals surface area contributed by atoms with Gasteiger partial charge in [-0.15, -0.1) is 0 Å². The standard InChI is InChI=1S/C11H12F3N/c1-6-2-3-15-11(6)7-4-8(12)10(14)9(13)5-7/h4-6,11,15H,2-3H2,1H3. The average molecular weight is 215 g/mol. The first kappa shape index (κ1) is 10.5. The van der Waals surface area contributed by atoms with Crippen LogP contribution in [0, 0.1) is 23.4 Å². The molecule has 1 heterocycles. The van der Waals surface area contributed by atoms with Crippen LogP contribution in [0.2, 0.25) is 0 Å². The smallest absolute Gasteiger partial charge is 0.194 e. The number of nitrogens with one attached hydrogen (secondary N) is 1. The Morgan fingerprint density at radius 3 is 2.27 bits per heavy atom. The third-order valence-electron chi connectivity index (χ3n) is 2.90. The van der Waals surface area contributed by atoms with Gasteiger partial charge in [0.2, 0.25) is 0 Å². The number of hydrogen-bond acceptors (Lipinski definition) is 1. The summed E-state index contributed by atoms with van der Waals surface area (Å²) in [5.74, 6) is -3.32. The van der Waals surface area contributed by atoms with Crippen LogP contribution in [0.5, 0.6) is 0 Å². The molecule has 15 heavy (non-hydrogen) atoms. The monoisotopic (exact) mass is 215 g/mol. The lowest BCUT2D eigenvalue weighted by molar-refractivity contribution is 0.435. The first-order chi connectivity index (χ1) is 7.09. The third-order valence-corrected chi connectivity index (χ3v) is 2.90. The summed E-state index contributed by atoms with van der Waals surface area (Å²) < 4.78 is 38.7. The van der Waals surface area contributed by atoms with Gasteiger partial charge in [-0.25, -0.2) is 13.2 Å². The Bertz CT molecular complexity index is 355. The molecule has 1 aromatic carbocycles. The van der Waals surface area contributed by atoms with Crippen molar-refractivity contribution in [2.24, 2.45) is 5.92 Å². The molecule has 1 aliphatic rings. The van der Waals surface area contributed by atoms with Crippen molar-refractivity contribution in [2.45, 2.75) is 19.4 Å². The highest BCUT2D eigenvalue weighted by atomic mass is 19.2. The van der Waals surface area contributed by atoms with Gasteiger partial charge in [0.05, 0.1) is 0 Å². The van der Waals surface area contributed by atoms with E-state index in [0.717, 1.165) is 25.1 Å². The first-order valence-corrected chi connectivity index (χ1v) is 4.97. The van der Waals surface area contributed by atoms with E-state index in [0.29, 0.717) is 11.5 Å². The molecule has 2 rings (SSSR count). The van der Waals surface area contributed by atoms with Gasteiger partial charge in [0.25, 0.3) is 0 Å². The summed E-state index contributed by atoms with van der Waals surface area (Å²) in [6, 6.07) is 2.06. The van der Waals surface area contributed by atoms with Crippen LogP contribution < -0.4 is 5.32 Å². The Kier molecular flexibility index (Phi) is 2.69. The first-order valence-electron chi connectivity index (χ1n) is 4.97. The summed E-state index contributed by atoms with van der Waals surface area (Å²) in [4.78, 5) is 0. The maximum atomic E-state index is 13.0. The maximum absolute atomic E-state index is 13.0. The molecule has 0 radical (unpaired) electrons. The minimum atomic E-state index is -1.40. The minimum Gasteiger partial charge on any atom is -0.310 e. The van der Waals surface area contributed by atoms with Crippen LogP contribution in [0.15, 0.2) is 12.1 Å². The Hall–Kier alpha value is -1.03. The summed E-state index contributed by atoms with van der Waals surface area (Å²) in [6.45, 7) is 2.83. The van der Waals surface area contributed by atoms with E-state index in [1.807, 2.05) is 6.92 Å². The quantitative estimate of drug-likeness (QED) is 0.710. The van der Waals surface area contributed by atoms with E-state index in [-0.39, 0.29) is 6.04 Å². The summed E-state index contributed by atoms with van der Waals surface area (Å²) in [6.07, 6.45) is 0.964. The molecule has 0 aromatic heterocycles. The predicted molar refractivity (Wildman–Crippen MR) is 50.8 cm³/mol. The summed E-state index contributed by atoms with van der Waals surface area (Å²) >= 11 is 0. The lowest BCUT2D eigenvalue weighted by Crippen LogP contribution is -2.17. The molecule has 82 valence electrons. The largest absolute Gasteiger partial charge is 0.310 e. The molecule has 1 aromatic rings. The second kappa shape index (κ2) is 3.85. The second-order valence-electron chi connectivity index (χ2n) is 4.00. The van der Waals surface area contributed by atoms with Crippen molar-refractivity contribution in [2.75, 3.05) is 6.54 Å². The summed E-state index contributed by atoms with van der Waals surface area (Å²) in [5.41, 5.74) is 0.483. The molecule has 1 fully saturated rings. The lowest BCUT2D eigenvalue weighted by Gasteiger charge is -2.16. The predicted octanol–water partition coefficient (Wildman–Crippen LogP) is 2.77. The van der Waals surface area contributed by atoms with Crippen molar-refractivity contribution >= 4 is 0 Å². The van der Waals surface area contributed by atoms with E-state index < -0.39 is 17.5 Å². The summed E-state index contributed by atoms with van der Waals surface area (Å²) in [5, 5.41) is 3.14. The number of benzene rings is 1. The van der Waals surface area contributed by atoms with Crippen LogP contribution in [0.1, 0.15) is 24.9 Å². The molecule has 2 unspecified atom stereocenters. The molecular weight excluding hydrogens is 203 g/mol. The van der Waals surface area contributed by atoms with Gasteiger partial charge in [-0.1, -0.05) is 6.92 Å². The Morgan fingerprint density at radius 2 is 1.80 bits per heavy atom. The van der Waals surface area contributed by atoms with Crippen LogP contribution in [-0.4, -0.2) is 6.54 Å².